The highest BCUT2D eigenvalue weighted by Gasteiger charge is 2.35. The normalized spacial score (nSPS) is 28.9. The Labute approximate surface area is 193 Å². The highest BCUT2D eigenvalue weighted by molar-refractivity contribution is 6.05. The third kappa shape index (κ3) is 3.85. The van der Waals surface area contributed by atoms with Crippen LogP contribution in [0.15, 0.2) is 76.1 Å². The van der Waals surface area contributed by atoms with Crippen LogP contribution in [0.25, 0.3) is 0 Å². The molecule has 4 atom stereocenters. The van der Waals surface area contributed by atoms with E-state index in [1.165, 1.54) is 33.4 Å². The van der Waals surface area contributed by atoms with Crippen molar-refractivity contribution in [3.8, 4) is 0 Å². The van der Waals surface area contributed by atoms with Gasteiger partial charge < -0.3 is 5.32 Å². The van der Waals surface area contributed by atoms with Crippen LogP contribution in [0.1, 0.15) is 70.6 Å². The number of hydrogen-bond acceptors (Lipinski definition) is 1. The zero-order chi connectivity index (χ0) is 23.2. The first kappa shape index (κ1) is 22.6. The van der Waals surface area contributed by atoms with Crippen molar-refractivity contribution in [2.24, 2.45) is 17.8 Å². The molecule has 0 radical (unpaired) electrons. The van der Waals surface area contributed by atoms with Gasteiger partial charge in [0.05, 0.1) is 0 Å². The van der Waals surface area contributed by atoms with E-state index in [-0.39, 0.29) is 5.91 Å². The molecule has 1 aromatic rings. The van der Waals surface area contributed by atoms with Crippen LogP contribution >= 0.6 is 0 Å². The lowest BCUT2D eigenvalue weighted by Crippen LogP contribution is -2.18. The lowest BCUT2D eigenvalue weighted by Gasteiger charge is -2.29. The van der Waals surface area contributed by atoms with E-state index in [2.05, 4.69) is 96.3 Å². The molecule has 0 saturated carbocycles. The van der Waals surface area contributed by atoms with Gasteiger partial charge in [-0.1, -0.05) is 69.7 Å². The first-order valence-electron chi connectivity index (χ1n) is 12.2. The van der Waals surface area contributed by atoms with Gasteiger partial charge in [-0.05, 0) is 85.3 Å². The molecule has 4 rings (SSSR count). The molecule has 4 unspecified atom stereocenters. The number of hydrogen-bond donors (Lipinski definition) is 1. The molecule has 2 nitrogen and oxygen atoms in total. The number of aryl methyl sites for hydroxylation is 2. The summed E-state index contributed by atoms with van der Waals surface area (Å²) in [4.78, 5) is 13.1. The van der Waals surface area contributed by atoms with Crippen molar-refractivity contribution in [1.29, 1.82) is 0 Å². The smallest absolute Gasteiger partial charge is 0.256 e. The second kappa shape index (κ2) is 8.73. The monoisotopic (exact) mass is 427 g/mol. The molecule has 3 aliphatic rings. The molecule has 1 fully saturated rings. The predicted molar refractivity (Wildman–Crippen MR) is 134 cm³/mol. The minimum Gasteiger partial charge on any atom is -0.322 e. The van der Waals surface area contributed by atoms with Gasteiger partial charge in [0.15, 0.2) is 0 Å². The van der Waals surface area contributed by atoms with Crippen LogP contribution in [0, 0.1) is 24.7 Å². The van der Waals surface area contributed by atoms with E-state index in [1.54, 1.807) is 0 Å². The number of nitrogens with one attached hydrogen (secondary N) is 1. The van der Waals surface area contributed by atoms with Crippen LogP contribution in [0.5, 0.6) is 0 Å². The quantitative estimate of drug-likeness (QED) is 0.510. The van der Waals surface area contributed by atoms with Crippen molar-refractivity contribution in [3.63, 3.8) is 0 Å². The van der Waals surface area contributed by atoms with Gasteiger partial charge >= 0.3 is 0 Å². The topological polar surface area (TPSA) is 29.1 Å². The molecule has 2 aliphatic carbocycles. The van der Waals surface area contributed by atoms with E-state index in [1.807, 2.05) is 0 Å². The standard InChI is InChI=1S/C30H37NO/c1-8-22-11-10-17(3)25(13-22)26-16-27-28(30(32)31-29(27)14-23(26)9-2)15-24-19(5)12-18(4)20(6)21(24)7/h10-16,20-21,23,26H,8-9H2,1-7H3,(H,31,32)/b28-15-. The fraction of sp³-hybridized carbons (Fsp3) is 0.433. The first-order chi connectivity index (χ1) is 15.2. The van der Waals surface area contributed by atoms with Crippen LogP contribution in [0.3, 0.4) is 0 Å². The summed E-state index contributed by atoms with van der Waals surface area (Å²) in [5.41, 5.74) is 11.0. The highest BCUT2D eigenvalue weighted by Crippen LogP contribution is 2.43. The number of carbonyl (C=O) groups is 1. The summed E-state index contributed by atoms with van der Waals surface area (Å²) in [7, 11) is 0. The summed E-state index contributed by atoms with van der Waals surface area (Å²) in [5, 5.41) is 3.17. The fourth-order valence-electron chi connectivity index (χ4n) is 5.54. The molecule has 1 saturated heterocycles. The van der Waals surface area contributed by atoms with Crippen LogP contribution in [0.2, 0.25) is 0 Å². The highest BCUT2D eigenvalue weighted by atomic mass is 16.2. The van der Waals surface area contributed by atoms with E-state index >= 15 is 0 Å². The molecule has 0 aromatic heterocycles. The van der Waals surface area contributed by atoms with Gasteiger partial charge in [-0.3, -0.25) is 4.79 Å². The molecular formula is C30H37NO. The molecule has 0 bridgehead atoms. The van der Waals surface area contributed by atoms with Gasteiger partial charge in [0.1, 0.15) is 0 Å². The molecule has 2 heteroatoms. The summed E-state index contributed by atoms with van der Waals surface area (Å²) in [5.74, 6) is 1.60. The molecule has 32 heavy (non-hydrogen) atoms. The van der Waals surface area contributed by atoms with Gasteiger partial charge in [-0.2, -0.15) is 0 Å². The molecule has 1 aromatic carbocycles. The lowest BCUT2D eigenvalue weighted by molar-refractivity contribution is -0.115. The predicted octanol–water partition coefficient (Wildman–Crippen LogP) is 7.10. The minimum absolute atomic E-state index is 0.0310. The maximum absolute atomic E-state index is 13.1. The minimum atomic E-state index is 0.0310. The van der Waals surface area contributed by atoms with E-state index in [4.69, 9.17) is 0 Å². The second-order valence-corrected chi connectivity index (χ2v) is 9.92. The van der Waals surface area contributed by atoms with E-state index in [9.17, 15) is 4.79 Å². The molecule has 1 heterocycles. The summed E-state index contributed by atoms with van der Waals surface area (Å²) in [6.45, 7) is 15.6. The zero-order valence-corrected chi connectivity index (χ0v) is 20.7. The van der Waals surface area contributed by atoms with Gasteiger partial charge in [0.2, 0.25) is 0 Å². The number of amides is 1. The summed E-state index contributed by atoms with van der Waals surface area (Å²) in [6, 6.07) is 6.86. The summed E-state index contributed by atoms with van der Waals surface area (Å²) in [6.07, 6.45) is 11.2. The van der Waals surface area contributed by atoms with Crippen molar-refractivity contribution in [2.45, 2.75) is 67.2 Å². The molecule has 1 amide bonds. The third-order valence-corrected chi connectivity index (χ3v) is 8.00. The Hall–Kier alpha value is -2.61. The Balaban J connectivity index is 1.82. The van der Waals surface area contributed by atoms with Gasteiger partial charge in [0, 0.05) is 22.8 Å². The Bertz CT molecular complexity index is 1110. The average Bonchev–Trinajstić information content (AvgIpc) is 3.08. The summed E-state index contributed by atoms with van der Waals surface area (Å²) >= 11 is 0. The molecular weight excluding hydrogens is 390 g/mol. The number of benzene rings is 1. The molecule has 1 aliphatic heterocycles. The lowest BCUT2D eigenvalue weighted by atomic mass is 9.75. The Morgan fingerprint density at radius 1 is 1.03 bits per heavy atom. The van der Waals surface area contributed by atoms with E-state index < -0.39 is 0 Å². The zero-order valence-electron chi connectivity index (χ0n) is 20.7. The fourth-order valence-corrected chi connectivity index (χ4v) is 5.54. The maximum atomic E-state index is 13.1. The van der Waals surface area contributed by atoms with Crippen molar-refractivity contribution in [2.75, 3.05) is 0 Å². The van der Waals surface area contributed by atoms with E-state index in [0.29, 0.717) is 23.7 Å². The van der Waals surface area contributed by atoms with Gasteiger partial charge in [-0.25, -0.2) is 0 Å². The van der Waals surface area contributed by atoms with Crippen LogP contribution in [-0.4, -0.2) is 5.91 Å². The SMILES string of the molecule is CCc1ccc(C)c(C2C=C3C(=CC2CC)NC(=O)/C3=C\C2=C(C)C=C(C)C(C)C2C)c1. The van der Waals surface area contributed by atoms with Crippen LogP contribution in [-0.2, 0) is 11.2 Å². The Morgan fingerprint density at radius 3 is 2.47 bits per heavy atom. The van der Waals surface area contributed by atoms with Crippen molar-refractivity contribution < 1.29 is 4.79 Å². The number of carbonyl (C=O) groups excluding carboxylic acids is 1. The van der Waals surface area contributed by atoms with Crippen molar-refractivity contribution in [1.82, 2.24) is 5.32 Å². The maximum Gasteiger partial charge on any atom is 0.256 e. The molecule has 168 valence electrons. The Kier molecular flexibility index (Phi) is 6.16. The number of fused-ring (bicyclic) bond motifs is 1. The molecule has 0 spiro atoms. The van der Waals surface area contributed by atoms with Crippen LogP contribution < -0.4 is 5.32 Å². The van der Waals surface area contributed by atoms with Gasteiger partial charge in [-0.15, -0.1) is 0 Å². The number of rotatable bonds is 4. The second-order valence-electron chi connectivity index (χ2n) is 9.92. The Morgan fingerprint density at radius 2 is 1.78 bits per heavy atom. The van der Waals surface area contributed by atoms with E-state index in [0.717, 1.165) is 29.7 Å². The number of allylic oxidation sites excluding steroid dienone is 8. The largest absolute Gasteiger partial charge is 0.322 e. The van der Waals surface area contributed by atoms with Gasteiger partial charge in [0.25, 0.3) is 5.91 Å². The summed E-state index contributed by atoms with van der Waals surface area (Å²) < 4.78 is 0. The van der Waals surface area contributed by atoms with Crippen LogP contribution in [0.4, 0.5) is 0 Å². The average molecular weight is 428 g/mol. The third-order valence-electron chi connectivity index (χ3n) is 8.00. The first-order valence-corrected chi connectivity index (χ1v) is 12.2. The van der Waals surface area contributed by atoms with Crippen molar-refractivity contribution >= 4 is 5.91 Å². The molecule has 1 N–H and O–H groups in total. The van der Waals surface area contributed by atoms with Crippen molar-refractivity contribution in [3.05, 3.63) is 92.8 Å².